The number of nitrogens with one attached hydrogen (secondary N) is 2. The van der Waals surface area contributed by atoms with Crippen molar-refractivity contribution in [2.24, 2.45) is 5.92 Å². The number of nitrogens with zero attached hydrogens (tertiary/aromatic N) is 1. The summed E-state index contributed by atoms with van der Waals surface area (Å²) in [5, 5.41) is 16.0. The molecule has 8 nitrogen and oxygen atoms in total. The molecule has 0 bridgehead atoms. The first kappa shape index (κ1) is 27.1. The van der Waals surface area contributed by atoms with Crippen LogP contribution in [0.2, 0.25) is 5.02 Å². The van der Waals surface area contributed by atoms with E-state index in [1.165, 1.54) is 7.11 Å². The molecule has 1 heterocycles. The molecule has 188 valence electrons. The summed E-state index contributed by atoms with van der Waals surface area (Å²) >= 11 is 7.37. The first-order valence-electron chi connectivity index (χ1n) is 11.2. The molecule has 10 heteroatoms. The zero-order valence-corrected chi connectivity index (χ0v) is 21.9. The second-order valence-corrected chi connectivity index (χ2v) is 9.44. The molecule has 3 rings (SSSR count). The standard InChI is InChI=1S/C26H26ClN3O5S/c1-5-35-19-10-9-16(11-18(19)27)21-17(12-28)25(30-24(32)22(21)26(33)34-4)36-13-20(31)29-23-14(2)7-6-8-15(23)3/h6-11,21-22H,5,13H2,1-4H3,(H,29,31)(H,30,32)/t21-,22-/m0/s1. The highest BCUT2D eigenvalue weighted by molar-refractivity contribution is 8.03. The number of para-hydroxylation sites is 1. The van der Waals surface area contributed by atoms with E-state index in [4.69, 9.17) is 21.1 Å². The Morgan fingerprint density at radius 2 is 1.92 bits per heavy atom. The van der Waals surface area contributed by atoms with Gasteiger partial charge in [0.2, 0.25) is 11.8 Å². The summed E-state index contributed by atoms with van der Waals surface area (Å²) in [4.78, 5) is 38.3. The van der Waals surface area contributed by atoms with Gasteiger partial charge in [-0.1, -0.05) is 47.6 Å². The molecule has 1 aliphatic rings. The van der Waals surface area contributed by atoms with Crippen molar-refractivity contribution >= 4 is 46.8 Å². The van der Waals surface area contributed by atoms with E-state index < -0.39 is 23.7 Å². The molecule has 0 radical (unpaired) electrons. The van der Waals surface area contributed by atoms with Gasteiger partial charge in [0.05, 0.1) is 41.2 Å². The Balaban J connectivity index is 1.94. The number of carbonyl (C=O) groups excluding carboxylic acids is 3. The molecule has 0 aromatic heterocycles. The fraction of sp³-hybridized carbons (Fsp3) is 0.308. The zero-order valence-electron chi connectivity index (χ0n) is 20.3. The maximum absolute atomic E-state index is 13.0. The van der Waals surface area contributed by atoms with Crippen LogP contribution in [0, 0.1) is 31.1 Å². The number of thioether (sulfide) groups is 1. The van der Waals surface area contributed by atoms with Crippen molar-refractivity contribution in [3.05, 3.63) is 68.7 Å². The molecule has 0 unspecified atom stereocenters. The van der Waals surface area contributed by atoms with Crippen molar-refractivity contribution in [2.75, 3.05) is 24.8 Å². The molecule has 1 aliphatic heterocycles. The van der Waals surface area contributed by atoms with Crippen molar-refractivity contribution in [3.8, 4) is 11.8 Å². The average molecular weight is 528 g/mol. The minimum absolute atomic E-state index is 0.0613. The van der Waals surface area contributed by atoms with Gasteiger partial charge in [-0.05, 0) is 49.6 Å². The summed E-state index contributed by atoms with van der Waals surface area (Å²) in [7, 11) is 1.18. The number of amides is 2. The van der Waals surface area contributed by atoms with Crippen LogP contribution in [-0.4, -0.2) is 37.3 Å². The molecule has 2 N–H and O–H groups in total. The number of hydrogen-bond donors (Lipinski definition) is 2. The van der Waals surface area contributed by atoms with Gasteiger partial charge in [-0.2, -0.15) is 5.26 Å². The number of aryl methyl sites for hydroxylation is 2. The summed E-state index contributed by atoms with van der Waals surface area (Å²) in [5.41, 5.74) is 3.17. The molecule has 0 spiro atoms. The van der Waals surface area contributed by atoms with Crippen LogP contribution in [-0.2, 0) is 19.1 Å². The lowest BCUT2D eigenvalue weighted by molar-refractivity contribution is -0.150. The van der Waals surface area contributed by atoms with Crippen molar-refractivity contribution in [1.82, 2.24) is 5.32 Å². The lowest BCUT2D eigenvalue weighted by atomic mass is 9.78. The van der Waals surface area contributed by atoms with Gasteiger partial charge in [-0.25, -0.2) is 0 Å². The molecular formula is C26H26ClN3O5S. The number of halogens is 1. The molecular weight excluding hydrogens is 502 g/mol. The second kappa shape index (κ2) is 12.0. The van der Waals surface area contributed by atoms with Gasteiger partial charge in [0.15, 0.2) is 0 Å². The molecule has 2 aromatic rings. The van der Waals surface area contributed by atoms with Crippen LogP contribution in [0.3, 0.4) is 0 Å². The molecule has 0 aliphatic carbocycles. The number of benzene rings is 2. The Morgan fingerprint density at radius 1 is 1.22 bits per heavy atom. The topological polar surface area (TPSA) is 118 Å². The van der Waals surface area contributed by atoms with Crippen molar-refractivity contribution in [3.63, 3.8) is 0 Å². The molecule has 2 aromatic carbocycles. The van der Waals surface area contributed by atoms with E-state index in [-0.39, 0.29) is 27.3 Å². The minimum atomic E-state index is -1.30. The normalized spacial score (nSPS) is 17.2. The molecule has 2 amide bonds. The Hall–Kier alpha value is -3.48. The SMILES string of the molecule is CCOc1ccc([C@H]2C(C#N)=C(SCC(=O)Nc3c(C)cccc3C)NC(=O)[C@H]2C(=O)OC)cc1Cl. The number of esters is 1. The highest BCUT2D eigenvalue weighted by Gasteiger charge is 2.44. The lowest BCUT2D eigenvalue weighted by Gasteiger charge is -2.31. The number of rotatable bonds is 8. The Morgan fingerprint density at radius 3 is 2.50 bits per heavy atom. The summed E-state index contributed by atoms with van der Waals surface area (Å²) in [6.45, 7) is 6.02. The number of methoxy groups -OCH3 is 1. The predicted molar refractivity (Wildman–Crippen MR) is 139 cm³/mol. The Labute approximate surface area is 219 Å². The molecule has 2 atom stereocenters. The quantitative estimate of drug-likeness (QED) is 0.384. The van der Waals surface area contributed by atoms with E-state index in [0.717, 1.165) is 28.6 Å². The number of allylic oxidation sites excluding steroid dienone is 1. The van der Waals surface area contributed by atoms with E-state index in [2.05, 4.69) is 16.7 Å². The third kappa shape index (κ3) is 5.83. The second-order valence-electron chi connectivity index (χ2n) is 8.05. The first-order valence-corrected chi connectivity index (χ1v) is 12.5. The van der Waals surface area contributed by atoms with Crippen LogP contribution < -0.4 is 15.4 Å². The van der Waals surface area contributed by atoms with Crippen LogP contribution in [0.5, 0.6) is 5.75 Å². The largest absolute Gasteiger partial charge is 0.492 e. The van der Waals surface area contributed by atoms with Gasteiger partial charge < -0.3 is 20.1 Å². The Bertz CT molecular complexity index is 1250. The summed E-state index contributed by atoms with van der Waals surface area (Å²) in [6, 6.07) is 12.7. The zero-order chi connectivity index (χ0) is 26.4. The van der Waals surface area contributed by atoms with Crippen molar-refractivity contribution < 1.29 is 23.9 Å². The fourth-order valence-electron chi connectivity index (χ4n) is 3.99. The lowest BCUT2D eigenvalue weighted by Crippen LogP contribution is -2.44. The van der Waals surface area contributed by atoms with Crippen LogP contribution in [0.1, 0.15) is 29.5 Å². The van der Waals surface area contributed by atoms with E-state index in [1.807, 2.05) is 39.0 Å². The van der Waals surface area contributed by atoms with Gasteiger partial charge in [0.1, 0.15) is 11.7 Å². The highest BCUT2D eigenvalue weighted by Crippen LogP contribution is 2.42. The van der Waals surface area contributed by atoms with Crippen LogP contribution in [0.25, 0.3) is 0 Å². The monoisotopic (exact) mass is 527 g/mol. The molecule has 0 saturated heterocycles. The summed E-state index contributed by atoms with van der Waals surface area (Å²) in [5.74, 6) is -3.58. The third-order valence-electron chi connectivity index (χ3n) is 5.69. The summed E-state index contributed by atoms with van der Waals surface area (Å²) in [6.07, 6.45) is 0. The van der Waals surface area contributed by atoms with E-state index in [1.54, 1.807) is 18.2 Å². The van der Waals surface area contributed by atoms with Crippen molar-refractivity contribution in [1.29, 1.82) is 5.26 Å². The maximum atomic E-state index is 13.0. The maximum Gasteiger partial charge on any atom is 0.319 e. The van der Waals surface area contributed by atoms with Gasteiger partial charge in [-0.3, -0.25) is 14.4 Å². The van der Waals surface area contributed by atoms with E-state index >= 15 is 0 Å². The number of carbonyl (C=O) groups is 3. The molecule has 0 saturated carbocycles. The Kier molecular flexibility index (Phi) is 9.02. The van der Waals surface area contributed by atoms with Crippen LogP contribution in [0.15, 0.2) is 47.0 Å². The molecule has 0 fully saturated rings. The average Bonchev–Trinajstić information content (AvgIpc) is 2.85. The van der Waals surface area contributed by atoms with Crippen LogP contribution in [0.4, 0.5) is 5.69 Å². The highest BCUT2D eigenvalue weighted by atomic mass is 35.5. The third-order valence-corrected chi connectivity index (χ3v) is 7.00. The number of anilines is 1. The number of hydrogen-bond acceptors (Lipinski definition) is 7. The van der Waals surface area contributed by atoms with Crippen LogP contribution >= 0.6 is 23.4 Å². The smallest absolute Gasteiger partial charge is 0.319 e. The minimum Gasteiger partial charge on any atom is -0.492 e. The number of nitriles is 1. The van der Waals surface area contributed by atoms with E-state index in [9.17, 15) is 19.6 Å². The number of ether oxygens (including phenoxy) is 2. The van der Waals surface area contributed by atoms with Gasteiger partial charge in [0.25, 0.3) is 0 Å². The predicted octanol–water partition coefficient (Wildman–Crippen LogP) is 4.47. The van der Waals surface area contributed by atoms with Crippen molar-refractivity contribution in [2.45, 2.75) is 26.7 Å². The summed E-state index contributed by atoms with van der Waals surface area (Å²) < 4.78 is 10.3. The fourth-order valence-corrected chi connectivity index (χ4v) is 5.08. The van der Waals surface area contributed by atoms with E-state index in [0.29, 0.717) is 17.9 Å². The first-order chi connectivity index (χ1) is 17.2. The molecule has 36 heavy (non-hydrogen) atoms. The van der Waals surface area contributed by atoms with Gasteiger partial charge in [-0.15, -0.1) is 0 Å². The van der Waals surface area contributed by atoms with Gasteiger partial charge >= 0.3 is 5.97 Å². The van der Waals surface area contributed by atoms with Gasteiger partial charge in [0, 0.05) is 11.6 Å².